The molecule has 0 aliphatic carbocycles. The zero-order valence-corrected chi connectivity index (χ0v) is 18.0. The first-order valence-corrected chi connectivity index (χ1v) is 12.0. The Morgan fingerprint density at radius 1 is 1.10 bits per heavy atom. The monoisotopic (exact) mass is 447 g/mol. The zero-order chi connectivity index (χ0) is 20.8. The van der Waals surface area contributed by atoms with Gasteiger partial charge in [0, 0.05) is 36.4 Å². The predicted molar refractivity (Wildman–Crippen MR) is 110 cm³/mol. The van der Waals surface area contributed by atoms with E-state index in [-0.39, 0.29) is 4.90 Å². The van der Waals surface area contributed by atoms with Crippen molar-refractivity contribution in [2.75, 3.05) is 26.3 Å². The number of aromatic nitrogens is 2. The summed E-state index contributed by atoms with van der Waals surface area (Å²) in [6, 6.07) is 11.1. The number of ether oxygens (including phenoxy) is 2. The lowest BCUT2D eigenvalue weighted by molar-refractivity contribution is -0.179. The van der Waals surface area contributed by atoms with Crippen LogP contribution in [0.5, 0.6) is 0 Å². The van der Waals surface area contributed by atoms with Crippen LogP contribution in [0.1, 0.15) is 17.7 Å². The molecule has 0 N–H and O–H groups in total. The Hall–Kier alpha value is -2.11. The van der Waals surface area contributed by atoms with Crippen molar-refractivity contribution >= 4 is 21.4 Å². The average molecular weight is 448 g/mol. The number of piperidine rings is 1. The molecule has 2 aliphatic rings. The average Bonchev–Trinajstić information content (AvgIpc) is 3.49. The maximum absolute atomic E-state index is 13.3. The first-order chi connectivity index (χ1) is 14.5. The third-order valence-electron chi connectivity index (χ3n) is 5.46. The van der Waals surface area contributed by atoms with Gasteiger partial charge in [-0.25, -0.2) is 8.42 Å². The lowest BCUT2D eigenvalue weighted by Crippen LogP contribution is -2.47. The van der Waals surface area contributed by atoms with Crippen LogP contribution in [-0.2, 0) is 19.5 Å². The molecule has 10 heteroatoms. The number of benzene rings is 1. The van der Waals surface area contributed by atoms with Gasteiger partial charge in [0.15, 0.2) is 5.79 Å². The molecule has 0 saturated carbocycles. The summed E-state index contributed by atoms with van der Waals surface area (Å²) in [4.78, 5) is 6.05. The molecule has 1 spiro atoms. The van der Waals surface area contributed by atoms with Crippen molar-refractivity contribution in [1.29, 1.82) is 0 Å². The smallest absolute Gasteiger partial charge is 0.268 e. The maximum Gasteiger partial charge on any atom is 0.268 e. The summed E-state index contributed by atoms with van der Waals surface area (Å²) in [5.41, 5.74) is 0.840. The van der Waals surface area contributed by atoms with Crippen LogP contribution in [0.3, 0.4) is 0 Å². The summed E-state index contributed by atoms with van der Waals surface area (Å²) in [6.45, 7) is 3.66. The third-order valence-corrected chi connectivity index (χ3v) is 8.65. The molecule has 8 nitrogen and oxygen atoms in total. The molecule has 2 saturated heterocycles. The summed E-state index contributed by atoms with van der Waals surface area (Å²) in [7, 11) is -3.63. The quantitative estimate of drug-likeness (QED) is 0.606. The van der Waals surface area contributed by atoms with Crippen molar-refractivity contribution in [3.05, 3.63) is 41.3 Å². The Balaban J connectivity index is 1.38. The zero-order valence-electron chi connectivity index (χ0n) is 16.4. The molecule has 0 bridgehead atoms. The second kappa shape index (κ2) is 7.54. The van der Waals surface area contributed by atoms with Gasteiger partial charge in [0.05, 0.1) is 23.0 Å². The molecule has 0 amide bonds. The maximum atomic E-state index is 13.3. The van der Waals surface area contributed by atoms with Crippen LogP contribution in [-0.4, -0.2) is 55.0 Å². The van der Waals surface area contributed by atoms with Crippen LogP contribution in [0.25, 0.3) is 22.2 Å². The van der Waals surface area contributed by atoms with Gasteiger partial charge in [-0.15, -0.1) is 11.3 Å². The van der Waals surface area contributed by atoms with Gasteiger partial charge in [-0.2, -0.15) is 9.29 Å². The number of nitrogens with zero attached hydrogens (tertiary/aromatic N) is 3. The fourth-order valence-corrected chi connectivity index (χ4v) is 6.77. The lowest BCUT2D eigenvalue weighted by Gasteiger charge is -2.36. The van der Waals surface area contributed by atoms with Crippen LogP contribution in [0, 0.1) is 6.92 Å². The molecule has 30 heavy (non-hydrogen) atoms. The SMILES string of the molecule is Cc1sc(-c2nc(-c3ccccc3)no2)cc1S(=O)(=O)N1CCC2(CC1)OCCO2. The molecule has 4 heterocycles. The molecule has 0 radical (unpaired) electrons. The Morgan fingerprint density at radius 3 is 2.50 bits per heavy atom. The molecular weight excluding hydrogens is 426 g/mol. The fourth-order valence-electron chi connectivity index (χ4n) is 3.85. The highest BCUT2D eigenvalue weighted by Crippen LogP contribution is 2.37. The molecule has 2 aliphatic heterocycles. The van der Waals surface area contributed by atoms with E-state index in [1.165, 1.54) is 15.6 Å². The van der Waals surface area contributed by atoms with Crippen molar-refractivity contribution in [3.63, 3.8) is 0 Å². The largest absolute Gasteiger partial charge is 0.347 e. The minimum atomic E-state index is -3.63. The number of hydrogen-bond donors (Lipinski definition) is 0. The van der Waals surface area contributed by atoms with Crippen molar-refractivity contribution in [2.45, 2.75) is 30.4 Å². The van der Waals surface area contributed by atoms with Gasteiger partial charge in [0.1, 0.15) is 0 Å². The summed E-state index contributed by atoms with van der Waals surface area (Å²) in [5, 5.41) is 4.03. The van der Waals surface area contributed by atoms with E-state index in [1.807, 2.05) is 30.3 Å². The van der Waals surface area contributed by atoms with E-state index in [2.05, 4.69) is 10.1 Å². The van der Waals surface area contributed by atoms with Crippen molar-refractivity contribution in [1.82, 2.24) is 14.4 Å². The molecule has 158 valence electrons. The summed E-state index contributed by atoms with van der Waals surface area (Å²) < 4.78 is 44.8. The second-order valence-corrected chi connectivity index (χ2v) is 10.5. The second-order valence-electron chi connectivity index (χ2n) is 7.33. The number of thiophene rings is 1. The highest BCUT2D eigenvalue weighted by Gasteiger charge is 2.43. The van der Waals surface area contributed by atoms with Crippen LogP contribution < -0.4 is 0 Å². The highest BCUT2D eigenvalue weighted by molar-refractivity contribution is 7.89. The highest BCUT2D eigenvalue weighted by atomic mass is 32.2. The lowest BCUT2D eigenvalue weighted by atomic mass is 10.1. The standard InChI is InChI=1S/C20H21N3O5S2/c1-14-17(30(24,25)23-9-7-20(8-10-23)26-11-12-27-20)13-16(29-14)19-21-18(22-28-19)15-5-3-2-4-6-15/h2-6,13H,7-12H2,1H3. The molecule has 5 rings (SSSR count). The third kappa shape index (κ3) is 3.48. The minimum Gasteiger partial charge on any atom is -0.347 e. The van der Waals surface area contributed by atoms with E-state index >= 15 is 0 Å². The van der Waals surface area contributed by atoms with Gasteiger partial charge in [0.25, 0.3) is 5.89 Å². The van der Waals surface area contributed by atoms with Crippen LogP contribution in [0.15, 0.2) is 45.8 Å². The van der Waals surface area contributed by atoms with Gasteiger partial charge in [-0.1, -0.05) is 35.5 Å². The first-order valence-electron chi connectivity index (χ1n) is 9.75. The van der Waals surface area contributed by atoms with Crippen LogP contribution in [0.4, 0.5) is 0 Å². The van der Waals surface area contributed by atoms with Crippen LogP contribution >= 0.6 is 11.3 Å². The van der Waals surface area contributed by atoms with Crippen molar-refractivity contribution < 1.29 is 22.4 Å². The Labute approximate surface area is 178 Å². The molecular formula is C20H21N3O5S2. The molecule has 2 aromatic heterocycles. The van der Waals surface area contributed by atoms with Crippen molar-refractivity contribution in [2.24, 2.45) is 0 Å². The van der Waals surface area contributed by atoms with E-state index in [0.717, 1.165) is 5.56 Å². The van der Waals surface area contributed by atoms with E-state index in [0.29, 0.717) is 60.6 Å². The summed E-state index contributed by atoms with van der Waals surface area (Å²) in [5.74, 6) is 0.172. The van der Waals surface area contributed by atoms with Gasteiger partial charge >= 0.3 is 0 Å². The van der Waals surface area contributed by atoms with E-state index < -0.39 is 15.8 Å². The van der Waals surface area contributed by atoms with Gasteiger partial charge < -0.3 is 14.0 Å². The summed E-state index contributed by atoms with van der Waals surface area (Å²) in [6.07, 6.45) is 1.07. The Kier molecular flexibility index (Phi) is 4.98. The summed E-state index contributed by atoms with van der Waals surface area (Å²) >= 11 is 1.33. The van der Waals surface area contributed by atoms with Gasteiger partial charge in [0.2, 0.25) is 15.8 Å². The van der Waals surface area contributed by atoms with E-state index in [1.54, 1.807) is 13.0 Å². The number of sulfonamides is 1. The molecule has 0 atom stereocenters. The van der Waals surface area contributed by atoms with Crippen molar-refractivity contribution in [3.8, 4) is 22.2 Å². The Bertz CT molecular complexity index is 1140. The number of rotatable bonds is 4. The number of aryl methyl sites for hydroxylation is 1. The van der Waals surface area contributed by atoms with Gasteiger partial charge in [-0.05, 0) is 13.0 Å². The topological polar surface area (TPSA) is 94.8 Å². The number of hydrogen-bond acceptors (Lipinski definition) is 8. The molecule has 1 aromatic carbocycles. The first kappa shape index (κ1) is 19.8. The fraction of sp³-hybridized carbons (Fsp3) is 0.400. The molecule has 2 fully saturated rings. The van der Waals surface area contributed by atoms with E-state index in [4.69, 9.17) is 14.0 Å². The predicted octanol–water partition coefficient (Wildman–Crippen LogP) is 3.30. The molecule has 0 unspecified atom stereocenters. The van der Waals surface area contributed by atoms with E-state index in [9.17, 15) is 8.42 Å². The minimum absolute atomic E-state index is 0.283. The van der Waals surface area contributed by atoms with Gasteiger partial charge in [-0.3, -0.25) is 0 Å². The normalized spacial score (nSPS) is 19.5. The van der Waals surface area contributed by atoms with Crippen LogP contribution in [0.2, 0.25) is 0 Å². The Morgan fingerprint density at radius 2 is 1.80 bits per heavy atom. The molecule has 3 aromatic rings.